The maximum atomic E-state index is 12.8. The highest BCUT2D eigenvalue weighted by Crippen LogP contribution is 2.39. The standard InChI is InChI=1S/C10H4BrClF3NO/c11-5-1-2-6-8(9(5)12)4(10(13,14)15)3-7(17)16-6/h1-3H,(H,16,17). The molecule has 17 heavy (non-hydrogen) atoms. The second-order valence-corrected chi connectivity index (χ2v) is 4.56. The van der Waals surface area contributed by atoms with Gasteiger partial charge in [0.15, 0.2) is 0 Å². The van der Waals surface area contributed by atoms with Gasteiger partial charge in [-0.3, -0.25) is 4.79 Å². The van der Waals surface area contributed by atoms with Gasteiger partial charge in [0.2, 0.25) is 5.56 Å². The molecule has 2 aromatic rings. The Morgan fingerprint density at radius 2 is 1.94 bits per heavy atom. The van der Waals surface area contributed by atoms with Crippen molar-refractivity contribution in [3.8, 4) is 0 Å². The van der Waals surface area contributed by atoms with Crippen molar-refractivity contribution in [3.05, 3.63) is 43.6 Å². The van der Waals surface area contributed by atoms with E-state index in [4.69, 9.17) is 11.6 Å². The van der Waals surface area contributed by atoms with E-state index in [9.17, 15) is 18.0 Å². The molecule has 0 aliphatic heterocycles. The summed E-state index contributed by atoms with van der Waals surface area (Å²) >= 11 is 8.87. The van der Waals surface area contributed by atoms with Crippen LogP contribution in [0.25, 0.3) is 10.9 Å². The van der Waals surface area contributed by atoms with E-state index in [1.807, 2.05) is 0 Å². The minimum atomic E-state index is -4.63. The Morgan fingerprint density at radius 1 is 1.29 bits per heavy atom. The average Bonchev–Trinajstić information content (AvgIpc) is 2.21. The van der Waals surface area contributed by atoms with Crippen molar-refractivity contribution in [1.82, 2.24) is 4.98 Å². The summed E-state index contributed by atoms with van der Waals surface area (Å²) in [6, 6.07) is 3.34. The summed E-state index contributed by atoms with van der Waals surface area (Å²) < 4.78 is 38.7. The first-order chi connectivity index (χ1) is 7.80. The fourth-order valence-corrected chi connectivity index (χ4v) is 2.11. The molecule has 0 radical (unpaired) electrons. The molecule has 0 saturated carbocycles. The number of halogens is 5. The molecule has 0 unspecified atom stereocenters. The van der Waals surface area contributed by atoms with E-state index in [0.717, 1.165) is 0 Å². The quantitative estimate of drug-likeness (QED) is 0.781. The van der Waals surface area contributed by atoms with Crippen LogP contribution < -0.4 is 5.56 Å². The maximum Gasteiger partial charge on any atom is 0.417 e. The predicted molar refractivity (Wildman–Crippen MR) is 62.3 cm³/mol. The number of fused-ring (bicyclic) bond motifs is 1. The summed E-state index contributed by atoms with van der Waals surface area (Å²) in [5.41, 5.74) is -1.80. The van der Waals surface area contributed by atoms with Crippen molar-refractivity contribution < 1.29 is 13.2 Å². The number of aromatic amines is 1. The van der Waals surface area contributed by atoms with E-state index in [1.165, 1.54) is 12.1 Å². The zero-order valence-corrected chi connectivity index (χ0v) is 10.4. The van der Waals surface area contributed by atoms with Gasteiger partial charge in [0.25, 0.3) is 0 Å². The van der Waals surface area contributed by atoms with Crippen LogP contribution in [0.5, 0.6) is 0 Å². The first-order valence-corrected chi connectivity index (χ1v) is 5.56. The number of aromatic nitrogens is 1. The number of alkyl halides is 3. The molecule has 1 aromatic carbocycles. The van der Waals surface area contributed by atoms with Gasteiger partial charge in [0, 0.05) is 15.9 Å². The molecular weight excluding hydrogens is 322 g/mol. The van der Waals surface area contributed by atoms with Crippen LogP contribution in [0, 0.1) is 0 Å². The SMILES string of the molecule is O=c1cc(C(F)(F)F)c2c(Cl)c(Br)ccc2[nH]1. The van der Waals surface area contributed by atoms with Gasteiger partial charge in [-0.1, -0.05) is 11.6 Å². The maximum absolute atomic E-state index is 12.8. The number of H-pyrrole nitrogens is 1. The Bertz CT molecular complexity index is 650. The van der Waals surface area contributed by atoms with Crippen molar-refractivity contribution in [1.29, 1.82) is 0 Å². The fraction of sp³-hybridized carbons (Fsp3) is 0.100. The van der Waals surface area contributed by atoms with Crippen LogP contribution in [0.4, 0.5) is 13.2 Å². The van der Waals surface area contributed by atoms with Gasteiger partial charge in [-0.25, -0.2) is 0 Å². The zero-order chi connectivity index (χ0) is 12.8. The van der Waals surface area contributed by atoms with Crippen LogP contribution >= 0.6 is 27.5 Å². The molecule has 0 bridgehead atoms. The molecule has 1 aromatic heterocycles. The third-order valence-corrected chi connectivity index (χ3v) is 3.48. The molecule has 1 N–H and O–H groups in total. The Labute approximate surface area is 107 Å². The predicted octanol–water partition coefficient (Wildman–Crippen LogP) is 3.96. The Kier molecular flexibility index (Phi) is 2.95. The minimum absolute atomic E-state index is 0.0537. The van der Waals surface area contributed by atoms with Gasteiger partial charge in [0.1, 0.15) is 0 Å². The molecule has 0 saturated heterocycles. The fourth-order valence-electron chi connectivity index (χ4n) is 1.51. The van der Waals surface area contributed by atoms with Crippen LogP contribution in [0.3, 0.4) is 0 Å². The summed E-state index contributed by atoms with van der Waals surface area (Å²) in [6.45, 7) is 0. The van der Waals surface area contributed by atoms with E-state index >= 15 is 0 Å². The molecular formula is C10H4BrClF3NO. The smallest absolute Gasteiger partial charge is 0.322 e. The van der Waals surface area contributed by atoms with Crippen LogP contribution in [0.2, 0.25) is 5.02 Å². The lowest BCUT2D eigenvalue weighted by Gasteiger charge is -2.11. The summed E-state index contributed by atoms with van der Waals surface area (Å²) in [5, 5.41) is -0.292. The molecule has 0 aliphatic carbocycles. The van der Waals surface area contributed by atoms with Gasteiger partial charge >= 0.3 is 6.18 Å². The summed E-state index contributed by atoms with van der Waals surface area (Å²) in [4.78, 5) is 13.4. The molecule has 2 rings (SSSR count). The summed E-state index contributed by atoms with van der Waals surface area (Å²) in [5.74, 6) is 0. The van der Waals surface area contributed by atoms with Gasteiger partial charge < -0.3 is 4.98 Å². The van der Waals surface area contributed by atoms with Gasteiger partial charge in [-0.05, 0) is 28.1 Å². The van der Waals surface area contributed by atoms with Crippen LogP contribution in [-0.2, 0) is 6.18 Å². The van der Waals surface area contributed by atoms with Crippen molar-refractivity contribution in [2.24, 2.45) is 0 Å². The zero-order valence-electron chi connectivity index (χ0n) is 8.03. The van der Waals surface area contributed by atoms with Crippen LogP contribution in [0.1, 0.15) is 5.56 Å². The number of hydrogen-bond acceptors (Lipinski definition) is 1. The molecule has 0 fully saturated rings. The molecule has 0 atom stereocenters. The first-order valence-electron chi connectivity index (χ1n) is 4.39. The van der Waals surface area contributed by atoms with E-state index < -0.39 is 17.3 Å². The topological polar surface area (TPSA) is 32.9 Å². The van der Waals surface area contributed by atoms with Gasteiger partial charge in [0.05, 0.1) is 16.1 Å². The summed E-state index contributed by atoms with van der Waals surface area (Å²) in [7, 11) is 0. The van der Waals surface area contributed by atoms with Crippen molar-refractivity contribution in [2.75, 3.05) is 0 Å². The van der Waals surface area contributed by atoms with Crippen molar-refractivity contribution >= 4 is 38.4 Å². The lowest BCUT2D eigenvalue weighted by atomic mass is 10.1. The number of pyridine rings is 1. The van der Waals surface area contributed by atoms with E-state index in [0.29, 0.717) is 10.5 Å². The third kappa shape index (κ3) is 2.19. The van der Waals surface area contributed by atoms with Gasteiger partial charge in [-0.15, -0.1) is 0 Å². The second-order valence-electron chi connectivity index (χ2n) is 3.33. The normalized spacial score (nSPS) is 12.1. The Morgan fingerprint density at radius 3 is 2.53 bits per heavy atom. The Hall–Kier alpha value is -1.01. The van der Waals surface area contributed by atoms with Crippen LogP contribution in [0.15, 0.2) is 27.5 Å². The van der Waals surface area contributed by atoms with E-state index in [1.54, 1.807) is 0 Å². The number of nitrogens with one attached hydrogen (secondary N) is 1. The first kappa shape index (κ1) is 12.4. The average molecular weight is 326 g/mol. The second kappa shape index (κ2) is 4.03. The minimum Gasteiger partial charge on any atom is -0.322 e. The molecule has 1 heterocycles. The monoisotopic (exact) mass is 325 g/mol. The lowest BCUT2D eigenvalue weighted by Crippen LogP contribution is -2.14. The number of hydrogen-bond donors (Lipinski definition) is 1. The highest BCUT2D eigenvalue weighted by molar-refractivity contribution is 9.10. The van der Waals surface area contributed by atoms with Gasteiger partial charge in [-0.2, -0.15) is 13.2 Å². The van der Waals surface area contributed by atoms with E-state index in [2.05, 4.69) is 20.9 Å². The van der Waals surface area contributed by atoms with Crippen LogP contribution in [-0.4, -0.2) is 4.98 Å². The lowest BCUT2D eigenvalue weighted by molar-refractivity contribution is -0.136. The summed E-state index contributed by atoms with van der Waals surface area (Å²) in [6.07, 6.45) is -4.63. The molecule has 0 spiro atoms. The third-order valence-electron chi connectivity index (χ3n) is 2.20. The largest absolute Gasteiger partial charge is 0.417 e. The molecule has 2 nitrogen and oxygen atoms in total. The van der Waals surface area contributed by atoms with E-state index in [-0.39, 0.29) is 15.9 Å². The molecule has 0 aliphatic rings. The molecule has 90 valence electrons. The number of rotatable bonds is 0. The molecule has 7 heteroatoms. The number of benzene rings is 1. The molecule has 0 amide bonds. The highest BCUT2D eigenvalue weighted by Gasteiger charge is 2.34. The van der Waals surface area contributed by atoms with Crippen molar-refractivity contribution in [3.63, 3.8) is 0 Å². The highest BCUT2D eigenvalue weighted by atomic mass is 79.9. The van der Waals surface area contributed by atoms with Crippen molar-refractivity contribution in [2.45, 2.75) is 6.18 Å². The Balaban J connectivity index is 3.00.